The Morgan fingerprint density at radius 3 is 2.42 bits per heavy atom. The van der Waals surface area contributed by atoms with E-state index in [2.05, 4.69) is 65.4 Å². The summed E-state index contributed by atoms with van der Waals surface area (Å²) in [6.45, 7) is 6.80. The first-order valence-corrected chi connectivity index (χ1v) is 11.9. The molecule has 2 aliphatic rings. The van der Waals surface area contributed by atoms with Crippen LogP contribution < -0.4 is 5.32 Å². The molecule has 172 valence electrons. The van der Waals surface area contributed by atoms with Crippen molar-refractivity contribution in [1.29, 1.82) is 0 Å². The zero-order valence-electron chi connectivity index (χ0n) is 19.6. The van der Waals surface area contributed by atoms with Gasteiger partial charge >= 0.3 is 6.03 Å². The number of nitrogens with one attached hydrogen (secondary N) is 1. The van der Waals surface area contributed by atoms with Gasteiger partial charge in [0, 0.05) is 6.54 Å². The van der Waals surface area contributed by atoms with Gasteiger partial charge in [-0.2, -0.15) is 0 Å². The van der Waals surface area contributed by atoms with Crippen LogP contribution >= 0.6 is 0 Å². The maximum absolute atomic E-state index is 13.6. The minimum absolute atomic E-state index is 0.108. The Bertz CT molecular complexity index is 1050. The number of likely N-dealkylation sites (tertiary alicyclic amines) is 1. The van der Waals surface area contributed by atoms with Crippen LogP contribution in [0.15, 0.2) is 54.6 Å². The number of rotatable bonds is 7. The lowest BCUT2D eigenvalue weighted by Crippen LogP contribution is -2.56. The fourth-order valence-corrected chi connectivity index (χ4v) is 5.20. The lowest BCUT2D eigenvalue weighted by Gasteiger charge is -2.41. The Labute approximate surface area is 197 Å². The van der Waals surface area contributed by atoms with E-state index < -0.39 is 5.54 Å². The fraction of sp³-hybridized carbons (Fsp3) is 0.429. The molecule has 2 aromatic carbocycles. The number of aryl methyl sites for hydroxylation is 2. The van der Waals surface area contributed by atoms with Crippen molar-refractivity contribution < 1.29 is 9.59 Å². The van der Waals surface area contributed by atoms with E-state index in [0.29, 0.717) is 6.42 Å². The van der Waals surface area contributed by atoms with Crippen molar-refractivity contribution in [1.82, 2.24) is 15.1 Å². The standard InChI is InChI=1S/C28H33N3O2/c1-3-4-18-31-26(32)28(29-27(31)33,17-14-23-11-6-5-7-12-23)25-15-19-30(20-16-25)21-24-13-9-8-10-22(24)2/h5-13,25H,14-21H2,1-2H3,(H,29,33). The molecule has 0 radical (unpaired) electrons. The summed E-state index contributed by atoms with van der Waals surface area (Å²) in [5.41, 5.74) is 2.99. The van der Waals surface area contributed by atoms with Crippen LogP contribution in [0.4, 0.5) is 4.79 Å². The SMILES string of the molecule is CC#CCN1C(=O)NC(CCc2ccccc2)(C2CCN(Cc3ccccc3C)CC2)C1=O. The number of piperidine rings is 1. The molecule has 2 aliphatic heterocycles. The van der Waals surface area contributed by atoms with Crippen molar-refractivity contribution in [2.75, 3.05) is 19.6 Å². The predicted molar refractivity (Wildman–Crippen MR) is 130 cm³/mol. The van der Waals surface area contributed by atoms with Crippen LogP contribution in [0, 0.1) is 24.7 Å². The van der Waals surface area contributed by atoms with Crippen molar-refractivity contribution >= 4 is 11.9 Å². The quantitative estimate of drug-likeness (QED) is 0.517. The third-order valence-corrected chi connectivity index (χ3v) is 7.21. The molecule has 0 saturated carbocycles. The average molecular weight is 444 g/mol. The molecule has 0 aliphatic carbocycles. The Balaban J connectivity index is 1.50. The van der Waals surface area contributed by atoms with E-state index in [-0.39, 0.29) is 24.4 Å². The van der Waals surface area contributed by atoms with Crippen molar-refractivity contribution in [2.45, 2.75) is 51.6 Å². The van der Waals surface area contributed by atoms with Crippen LogP contribution in [0.1, 0.15) is 42.9 Å². The Morgan fingerprint density at radius 1 is 1.03 bits per heavy atom. The van der Waals surface area contributed by atoms with E-state index in [1.54, 1.807) is 6.92 Å². The maximum atomic E-state index is 13.6. The number of benzene rings is 2. The van der Waals surface area contributed by atoms with Crippen molar-refractivity contribution in [2.24, 2.45) is 5.92 Å². The molecule has 33 heavy (non-hydrogen) atoms. The molecule has 2 heterocycles. The number of nitrogens with zero attached hydrogens (tertiary/aromatic N) is 2. The molecular weight excluding hydrogens is 410 g/mol. The molecule has 1 atom stereocenters. The van der Waals surface area contributed by atoms with Gasteiger partial charge in [0.15, 0.2) is 0 Å². The van der Waals surface area contributed by atoms with E-state index in [4.69, 9.17) is 0 Å². The number of carbonyl (C=O) groups excluding carboxylic acids is 2. The van der Waals surface area contributed by atoms with Gasteiger partial charge in [0.25, 0.3) is 5.91 Å². The second kappa shape index (κ2) is 10.2. The van der Waals surface area contributed by atoms with E-state index >= 15 is 0 Å². The Kier molecular flexibility index (Phi) is 7.15. The first-order chi connectivity index (χ1) is 16.0. The third-order valence-electron chi connectivity index (χ3n) is 7.21. The van der Waals surface area contributed by atoms with Crippen LogP contribution in [0.2, 0.25) is 0 Å². The van der Waals surface area contributed by atoms with Crippen molar-refractivity contribution in [3.63, 3.8) is 0 Å². The Hall–Kier alpha value is -3.10. The van der Waals surface area contributed by atoms with Gasteiger partial charge in [-0.1, -0.05) is 60.5 Å². The van der Waals surface area contributed by atoms with E-state index in [1.165, 1.54) is 21.6 Å². The molecule has 5 nitrogen and oxygen atoms in total. The van der Waals surface area contributed by atoms with Gasteiger partial charge in [0.2, 0.25) is 0 Å². The highest BCUT2D eigenvalue weighted by molar-refractivity contribution is 6.07. The molecule has 0 bridgehead atoms. The number of imide groups is 1. The fourth-order valence-electron chi connectivity index (χ4n) is 5.20. The molecule has 4 rings (SSSR count). The second-order valence-corrected chi connectivity index (χ2v) is 9.18. The maximum Gasteiger partial charge on any atom is 0.325 e. The summed E-state index contributed by atoms with van der Waals surface area (Å²) in [4.78, 5) is 30.2. The number of hydrogen-bond acceptors (Lipinski definition) is 3. The summed E-state index contributed by atoms with van der Waals surface area (Å²) in [6.07, 6.45) is 3.14. The molecule has 1 N–H and O–H groups in total. The summed E-state index contributed by atoms with van der Waals surface area (Å²) in [6, 6.07) is 18.4. The smallest absolute Gasteiger partial charge is 0.323 e. The van der Waals surface area contributed by atoms with Gasteiger partial charge in [-0.15, -0.1) is 5.92 Å². The topological polar surface area (TPSA) is 52.7 Å². The molecule has 2 aromatic rings. The van der Waals surface area contributed by atoms with Crippen LogP contribution in [0.3, 0.4) is 0 Å². The van der Waals surface area contributed by atoms with E-state index in [0.717, 1.165) is 38.9 Å². The number of hydrogen-bond donors (Lipinski definition) is 1. The number of urea groups is 1. The van der Waals surface area contributed by atoms with Crippen LogP contribution in [-0.4, -0.2) is 46.9 Å². The third kappa shape index (κ3) is 4.96. The minimum atomic E-state index is -0.850. The van der Waals surface area contributed by atoms with Gasteiger partial charge < -0.3 is 5.32 Å². The zero-order chi connectivity index (χ0) is 23.3. The molecule has 2 fully saturated rings. The van der Waals surface area contributed by atoms with Crippen molar-refractivity contribution in [3.05, 3.63) is 71.3 Å². The molecule has 1 unspecified atom stereocenters. The molecule has 0 aromatic heterocycles. The second-order valence-electron chi connectivity index (χ2n) is 9.18. The van der Waals surface area contributed by atoms with E-state index in [1.807, 2.05) is 18.2 Å². The van der Waals surface area contributed by atoms with Gasteiger partial charge in [-0.25, -0.2) is 4.79 Å². The lowest BCUT2D eigenvalue weighted by molar-refractivity contribution is -0.134. The Morgan fingerprint density at radius 2 is 1.73 bits per heavy atom. The summed E-state index contributed by atoms with van der Waals surface area (Å²) in [5, 5.41) is 3.14. The highest BCUT2D eigenvalue weighted by Gasteiger charge is 2.55. The molecule has 5 heteroatoms. The highest BCUT2D eigenvalue weighted by Crippen LogP contribution is 2.37. The number of amides is 3. The number of carbonyl (C=O) groups is 2. The summed E-state index contributed by atoms with van der Waals surface area (Å²) >= 11 is 0. The first-order valence-electron chi connectivity index (χ1n) is 11.9. The van der Waals surface area contributed by atoms with Gasteiger partial charge in [0.05, 0.1) is 6.54 Å². The van der Waals surface area contributed by atoms with Gasteiger partial charge in [-0.3, -0.25) is 14.6 Å². The molecule has 3 amide bonds. The van der Waals surface area contributed by atoms with Crippen LogP contribution in [0.25, 0.3) is 0 Å². The van der Waals surface area contributed by atoms with Gasteiger partial charge in [-0.05, 0) is 75.2 Å². The molecule has 0 spiro atoms. The van der Waals surface area contributed by atoms with Crippen molar-refractivity contribution in [3.8, 4) is 11.8 Å². The monoisotopic (exact) mass is 443 g/mol. The van der Waals surface area contributed by atoms with Crippen LogP contribution in [-0.2, 0) is 17.8 Å². The first kappa shape index (κ1) is 23.1. The predicted octanol–water partition coefficient (Wildman–Crippen LogP) is 4.15. The summed E-state index contributed by atoms with van der Waals surface area (Å²) in [7, 11) is 0. The molecular formula is C28H33N3O2. The van der Waals surface area contributed by atoms with Gasteiger partial charge in [0.1, 0.15) is 5.54 Å². The van der Waals surface area contributed by atoms with E-state index in [9.17, 15) is 9.59 Å². The zero-order valence-corrected chi connectivity index (χ0v) is 19.6. The average Bonchev–Trinajstić information content (AvgIpc) is 3.08. The largest absolute Gasteiger partial charge is 0.325 e. The lowest BCUT2D eigenvalue weighted by atomic mass is 9.74. The normalized spacial score (nSPS) is 21.6. The minimum Gasteiger partial charge on any atom is -0.323 e. The highest BCUT2D eigenvalue weighted by atomic mass is 16.2. The molecule has 2 saturated heterocycles. The summed E-state index contributed by atoms with van der Waals surface area (Å²) in [5.74, 6) is 5.70. The van der Waals surface area contributed by atoms with Crippen LogP contribution in [0.5, 0.6) is 0 Å². The summed E-state index contributed by atoms with van der Waals surface area (Å²) < 4.78 is 0.